The lowest BCUT2D eigenvalue weighted by molar-refractivity contribution is -0.111. The van der Waals surface area contributed by atoms with E-state index in [9.17, 15) is 4.79 Å². The summed E-state index contributed by atoms with van der Waals surface area (Å²) in [5.41, 5.74) is 2.06. The Morgan fingerprint density at radius 3 is 3.13 bits per heavy atom. The molecule has 0 aliphatic heterocycles. The first-order valence-electron chi connectivity index (χ1n) is 4.25. The van der Waals surface area contributed by atoms with Crippen LogP contribution in [0.4, 0.5) is 5.69 Å². The molecule has 76 valence electrons. The Labute approximate surface area is 90.6 Å². The molecule has 0 fully saturated rings. The average Bonchev–Trinajstić information content (AvgIpc) is 2.57. The standard InChI is InChI=1S/C10H8N2O2S/c1-2-9(13)11-6-3-4-7-8(5-6)14-10(15)12-7/h2-5H,1H2,(H,11,13)(H,12,15). The van der Waals surface area contributed by atoms with Crippen molar-refractivity contribution in [3.8, 4) is 0 Å². The van der Waals surface area contributed by atoms with Gasteiger partial charge in [0.05, 0.1) is 5.52 Å². The third kappa shape index (κ3) is 1.97. The van der Waals surface area contributed by atoms with Gasteiger partial charge in [-0.25, -0.2) is 0 Å². The van der Waals surface area contributed by atoms with Crippen LogP contribution in [0.1, 0.15) is 0 Å². The molecule has 0 spiro atoms. The highest BCUT2D eigenvalue weighted by molar-refractivity contribution is 7.71. The third-order valence-electron chi connectivity index (χ3n) is 1.87. The van der Waals surface area contributed by atoms with Gasteiger partial charge in [-0.2, -0.15) is 0 Å². The van der Waals surface area contributed by atoms with E-state index in [0.29, 0.717) is 16.1 Å². The maximum absolute atomic E-state index is 11.0. The molecule has 0 aliphatic rings. The monoisotopic (exact) mass is 220 g/mol. The third-order valence-corrected chi connectivity index (χ3v) is 2.06. The molecule has 0 aliphatic carbocycles. The Morgan fingerprint density at radius 2 is 2.40 bits per heavy atom. The van der Waals surface area contributed by atoms with E-state index in [4.69, 9.17) is 16.6 Å². The van der Waals surface area contributed by atoms with Crippen LogP contribution in [0.5, 0.6) is 0 Å². The van der Waals surface area contributed by atoms with E-state index in [-0.39, 0.29) is 5.91 Å². The second-order valence-corrected chi connectivity index (χ2v) is 3.29. The summed E-state index contributed by atoms with van der Waals surface area (Å²) in [6.45, 7) is 3.36. The minimum Gasteiger partial charge on any atom is -0.429 e. The SMILES string of the molecule is C=CC(=O)Nc1ccc2[nH]c(=S)oc2c1. The molecule has 4 nitrogen and oxygen atoms in total. The van der Waals surface area contributed by atoms with Gasteiger partial charge in [0.2, 0.25) is 5.91 Å². The van der Waals surface area contributed by atoms with Crippen molar-refractivity contribution in [1.82, 2.24) is 4.98 Å². The van der Waals surface area contributed by atoms with Gasteiger partial charge in [0.15, 0.2) is 5.58 Å². The number of benzene rings is 1. The van der Waals surface area contributed by atoms with Gasteiger partial charge in [-0.3, -0.25) is 4.79 Å². The highest BCUT2D eigenvalue weighted by atomic mass is 32.1. The van der Waals surface area contributed by atoms with Crippen LogP contribution in [0.2, 0.25) is 0 Å². The number of H-pyrrole nitrogens is 1. The first kappa shape index (κ1) is 9.67. The molecule has 0 radical (unpaired) electrons. The van der Waals surface area contributed by atoms with Gasteiger partial charge in [0, 0.05) is 11.8 Å². The Hall–Kier alpha value is -1.88. The van der Waals surface area contributed by atoms with Crippen LogP contribution in [-0.2, 0) is 4.79 Å². The van der Waals surface area contributed by atoms with Gasteiger partial charge in [-0.15, -0.1) is 0 Å². The fourth-order valence-corrected chi connectivity index (χ4v) is 1.42. The molecule has 15 heavy (non-hydrogen) atoms. The quantitative estimate of drug-likeness (QED) is 0.604. The molecule has 2 aromatic rings. The first-order valence-corrected chi connectivity index (χ1v) is 4.66. The summed E-state index contributed by atoms with van der Waals surface area (Å²) in [4.78, 5) is 14.2. The van der Waals surface area contributed by atoms with Crippen molar-refractivity contribution in [2.75, 3.05) is 5.32 Å². The topological polar surface area (TPSA) is 58.0 Å². The van der Waals surface area contributed by atoms with Crippen LogP contribution in [-0.4, -0.2) is 10.9 Å². The number of carbonyl (C=O) groups excluding carboxylic acids is 1. The van der Waals surface area contributed by atoms with Crippen LogP contribution in [0, 0.1) is 4.84 Å². The zero-order chi connectivity index (χ0) is 10.8. The Balaban J connectivity index is 2.42. The van der Waals surface area contributed by atoms with Crippen molar-refractivity contribution in [1.29, 1.82) is 0 Å². The molecular formula is C10H8N2O2S. The smallest absolute Gasteiger partial charge is 0.266 e. The van der Waals surface area contributed by atoms with Gasteiger partial charge in [0.25, 0.3) is 4.84 Å². The molecular weight excluding hydrogens is 212 g/mol. The van der Waals surface area contributed by atoms with Crippen molar-refractivity contribution < 1.29 is 9.21 Å². The minimum absolute atomic E-state index is 0.261. The number of aromatic nitrogens is 1. The van der Waals surface area contributed by atoms with E-state index in [2.05, 4.69) is 16.9 Å². The predicted octanol–water partition coefficient (Wildman–Crippen LogP) is 2.61. The van der Waals surface area contributed by atoms with Gasteiger partial charge in [0.1, 0.15) is 0 Å². The van der Waals surface area contributed by atoms with Gasteiger partial charge < -0.3 is 14.7 Å². The molecule has 5 heteroatoms. The lowest BCUT2D eigenvalue weighted by Gasteiger charge is -2.00. The molecule has 0 atom stereocenters. The zero-order valence-electron chi connectivity index (χ0n) is 7.74. The number of hydrogen-bond donors (Lipinski definition) is 2. The van der Waals surface area contributed by atoms with Crippen molar-refractivity contribution in [3.63, 3.8) is 0 Å². The summed E-state index contributed by atoms with van der Waals surface area (Å²) in [6, 6.07) is 5.24. The summed E-state index contributed by atoms with van der Waals surface area (Å²) in [6.07, 6.45) is 1.21. The van der Waals surface area contributed by atoms with Crippen molar-refractivity contribution >= 4 is 34.9 Å². The van der Waals surface area contributed by atoms with E-state index in [1.54, 1.807) is 18.2 Å². The van der Waals surface area contributed by atoms with Crippen LogP contribution < -0.4 is 5.32 Å². The van der Waals surface area contributed by atoms with Gasteiger partial charge in [-0.1, -0.05) is 6.58 Å². The van der Waals surface area contributed by atoms with E-state index in [1.165, 1.54) is 6.08 Å². The summed E-state index contributed by atoms with van der Waals surface area (Å²) < 4.78 is 5.21. The normalized spacial score (nSPS) is 10.1. The van der Waals surface area contributed by atoms with Crippen molar-refractivity contribution in [2.24, 2.45) is 0 Å². The zero-order valence-corrected chi connectivity index (χ0v) is 8.56. The molecule has 0 saturated heterocycles. The highest BCUT2D eigenvalue weighted by Gasteiger charge is 2.02. The number of oxazole rings is 1. The molecule has 0 unspecified atom stereocenters. The Bertz CT molecular complexity index is 582. The molecule has 1 aromatic carbocycles. The van der Waals surface area contributed by atoms with Crippen LogP contribution >= 0.6 is 12.2 Å². The summed E-state index contributed by atoms with van der Waals surface area (Å²) >= 11 is 4.84. The number of hydrogen-bond acceptors (Lipinski definition) is 3. The van der Waals surface area contributed by atoms with Gasteiger partial charge >= 0.3 is 0 Å². The summed E-state index contributed by atoms with van der Waals surface area (Å²) in [5, 5.41) is 2.63. The summed E-state index contributed by atoms with van der Waals surface area (Å²) in [7, 11) is 0. The predicted molar refractivity (Wildman–Crippen MR) is 60.2 cm³/mol. The fraction of sp³-hybridized carbons (Fsp3) is 0. The molecule has 1 amide bonds. The van der Waals surface area contributed by atoms with E-state index in [0.717, 1.165) is 5.52 Å². The maximum Gasteiger partial charge on any atom is 0.266 e. The average molecular weight is 220 g/mol. The number of anilines is 1. The lowest BCUT2D eigenvalue weighted by Crippen LogP contribution is -2.06. The summed E-state index contributed by atoms with van der Waals surface area (Å²) in [5.74, 6) is -0.261. The molecule has 2 N–H and O–H groups in total. The number of amides is 1. The second-order valence-electron chi connectivity index (χ2n) is 2.92. The molecule has 1 heterocycles. The molecule has 0 saturated carbocycles. The largest absolute Gasteiger partial charge is 0.429 e. The first-order chi connectivity index (χ1) is 7.19. The van der Waals surface area contributed by atoms with Crippen LogP contribution in [0.25, 0.3) is 11.1 Å². The van der Waals surface area contributed by atoms with Crippen molar-refractivity contribution in [2.45, 2.75) is 0 Å². The van der Waals surface area contributed by atoms with Gasteiger partial charge in [-0.05, 0) is 30.4 Å². The van der Waals surface area contributed by atoms with Crippen molar-refractivity contribution in [3.05, 3.63) is 35.7 Å². The minimum atomic E-state index is -0.261. The number of nitrogens with one attached hydrogen (secondary N) is 2. The second kappa shape index (κ2) is 3.70. The number of fused-ring (bicyclic) bond motifs is 1. The Morgan fingerprint density at radius 1 is 1.60 bits per heavy atom. The number of carbonyl (C=O) groups is 1. The van der Waals surface area contributed by atoms with E-state index < -0.39 is 0 Å². The molecule has 2 rings (SSSR count). The van der Waals surface area contributed by atoms with E-state index >= 15 is 0 Å². The van der Waals surface area contributed by atoms with E-state index in [1.807, 2.05) is 0 Å². The Kier molecular flexibility index (Phi) is 2.39. The number of aromatic amines is 1. The fourth-order valence-electron chi connectivity index (χ4n) is 1.22. The molecule has 1 aromatic heterocycles. The molecule has 0 bridgehead atoms. The lowest BCUT2D eigenvalue weighted by atomic mass is 10.3. The highest BCUT2D eigenvalue weighted by Crippen LogP contribution is 2.18. The van der Waals surface area contributed by atoms with Crippen LogP contribution in [0.3, 0.4) is 0 Å². The number of rotatable bonds is 2. The maximum atomic E-state index is 11.0. The van der Waals surface area contributed by atoms with Crippen LogP contribution in [0.15, 0.2) is 35.3 Å².